The lowest BCUT2D eigenvalue weighted by Crippen LogP contribution is -2.26. The second-order valence-electron chi connectivity index (χ2n) is 7.75. The molecule has 4 rings (SSSR count). The molecular weight excluding hydrogens is 354 g/mol. The van der Waals surface area contributed by atoms with Crippen LogP contribution < -0.4 is 0 Å². The van der Waals surface area contributed by atoms with Crippen molar-refractivity contribution >= 4 is 0 Å². The maximum atomic E-state index is 9.49. The smallest absolute Gasteiger partial charge is 0.0558 e. The van der Waals surface area contributed by atoms with Crippen LogP contribution in [0.2, 0.25) is 0 Å². The van der Waals surface area contributed by atoms with Crippen LogP contribution in [0.1, 0.15) is 33.7 Å². The predicted octanol–water partition coefficient (Wildman–Crippen LogP) is 4.97. The van der Waals surface area contributed by atoms with Crippen LogP contribution in [0.5, 0.6) is 0 Å². The third kappa shape index (κ3) is 4.84. The molecule has 1 aliphatic rings. The number of fused-ring (bicyclic) bond motifs is 2. The van der Waals surface area contributed by atoms with E-state index in [0.717, 1.165) is 25.9 Å². The summed E-state index contributed by atoms with van der Waals surface area (Å²) in [6, 6.07) is 28.2. The Labute approximate surface area is 174 Å². The molecule has 2 nitrogen and oxygen atoms in total. The highest BCUT2D eigenvalue weighted by atomic mass is 16.3. The standard InChI is InChI=1S/C27H29NO/c29-20-19-28(21-22-9-2-1-3-10-22)18-8-15-27-25-13-6-4-11-23(25)16-17-24-12-5-7-14-26(24)27/h1-15,27,29H,16-21H2. The zero-order valence-corrected chi connectivity index (χ0v) is 16.9. The van der Waals surface area contributed by atoms with Crippen molar-refractivity contribution in [2.75, 3.05) is 19.7 Å². The fourth-order valence-electron chi connectivity index (χ4n) is 4.34. The van der Waals surface area contributed by atoms with Crippen molar-refractivity contribution in [3.05, 3.63) is 119 Å². The normalized spacial score (nSPS) is 14.0. The number of allylic oxidation sites excluding steroid dienone is 1. The van der Waals surface area contributed by atoms with Crippen molar-refractivity contribution in [1.82, 2.24) is 4.90 Å². The van der Waals surface area contributed by atoms with Gasteiger partial charge in [0.25, 0.3) is 0 Å². The minimum absolute atomic E-state index is 0.176. The van der Waals surface area contributed by atoms with Gasteiger partial charge in [-0.15, -0.1) is 0 Å². The van der Waals surface area contributed by atoms with E-state index < -0.39 is 0 Å². The van der Waals surface area contributed by atoms with Crippen molar-refractivity contribution in [3.63, 3.8) is 0 Å². The molecule has 0 amide bonds. The van der Waals surface area contributed by atoms with Crippen molar-refractivity contribution in [1.29, 1.82) is 0 Å². The molecule has 3 aromatic carbocycles. The average Bonchev–Trinajstić information content (AvgIpc) is 2.92. The second kappa shape index (κ2) is 9.69. The lowest BCUT2D eigenvalue weighted by Gasteiger charge is -2.21. The van der Waals surface area contributed by atoms with E-state index in [9.17, 15) is 5.11 Å². The van der Waals surface area contributed by atoms with Crippen LogP contribution in [0, 0.1) is 0 Å². The highest BCUT2D eigenvalue weighted by Gasteiger charge is 2.21. The number of rotatable bonds is 7. The Kier molecular flexibility index (Phi) is 6.56. The van der Waals surface area contributed by atoms with Gasteiger partial charge in [-0.1, -0.05) is 91.0 Å². The minimum atomic E-state index is 0.176. The van der Waals surface area contributed by atoms with E-state index in [2.05, 4.69) is 89.8 Å². The number of hydrogen-bond donors (Lipinski definition) is 1. The molecule has 3 aromatic rings. The Morgan fingerprint density at radius 3 is 2.00 bits per heavy atom. The maximum absolute atomic E-state index is 9.49. The summed E-state index contributed by atoms with van der Waals surface area (Å²) in [6.07, 6.45) is 6.84. The molecule has 0 radical (unpaired) electrons. The summed E-state index contributed by atoms with van der Waals surface area (Å²) < 4.78 is 0. The summed E-state index contributed by atoms with van der Waals surface area (Å²) in [5.41, 5.74) is 7.03. The molecule has 0 heterocycles. The van der Waals surface area contributed by atoms with Gasteiger partial charge in [-0.05, 0) is 40.7 Å². The van der Waals surface area contributed by atoms with Gasteiger partial charge < -0.3 is 5.11 Å². The van der Waals surface area contributed by atoms with E-state index in [1.54, 1.807) is 0 Å². The monoisotopic (exact) mass is 383 g/mol. The zero-order chi connectivity index (χ0) is 19.9. The first kappa shape index (κ1) is 19.6. The van der Waals surface area contributed by atoms with Gasteiger partial charge in [-0.25, -0.2) is 0 Å². The minimum Gasteiger partial charge on any atom is -0.395 e. The fraction of sp³-hybridized carbons (Fsp3) is 0.259. The SMILES string of the molecule is OCCN(CC=CC1c2ccccc2CCc2ccccc21)Cc1ccccc1. The molecule has 0 aromatic heterocycles. The molecule has 0 saturated carbocycles. The van der Waals surface area contributed by atoms with Crippen molar-refractivity contribution in [3.8, 4) is 0 Å². The van der Waals surface area contributed by atoms with Crippen LogP contribution in [0.3, 0.4) is 0 Å². The number of hydrogen-bond acceptors (Lipinski definition) is 2. The molecule has 0 bridgehead atoms. The highest BCUT2D eigenvalue weighted by Crippen LogP contribution is 2.35. The van der Waals surface area contributed by atoms with E-state index in [1.807, 2.05) is 6.07 Å². The van der Waals surface area contributed by atoms with E-state index in [-0.39, 0.29) is 12.5 Å². The average molecular weight is 384 g/mol. The number of benzene rings is 3. The van der Waals surface area contributed by atoms with E-state index in [1.165, 1.54) is 27.8 Å². The van der Waals surface area contributed by atoms with Gasteiger partial charge >= 0.3 is 0 Å². The largest absolute Gasteiger partial charge is 0.395 e. The van der Waals surface area contributed by atoms with E-state index in [0.29, 0.717) is 6.54 Å². The summed E-state index contributed by atoms with van der Waals surface area (Å²) in [6.45, 7) is 2.53. The molecular formula is C27H29NO. The Bertz CT molecular complexity index is 900. The van der Waals surface area contributed by atoms with Crippen molar-refractivity contribution in [2.45, 2.75) is 25.3 Å². The molecule has 0 atom stereocenters. The quantitative estimate of drug-likeness (QED) is 0.583. The molecule has 2 heteroatoms. The summed E-state index contributed by atoms with van der Waals surface area (Å²) in [5.74, 6) is 0.289. The van der Waals surface area contributed by atoms with Crippen molar-refractivity contribution < 1.29 is 5.11 Å². The molecule has 0 saturated heterocycles. The summed E-state index contributed by atoms with van der Waals surface area (Å²) in [5, 5.41) is 9.49. The van der Waals surface area contributed by atoms with E-state index >= 15 is 0 Å². The lowest BCUT2D eigenvalue weighted by molar-refractivity contribution is 0.203. The zero-order valence-electron chi connectivity index (χ0n) is 16.9. The third-order valence-electron chi connectivity index (χ3n) is 5.80. The first-order valence-electron chi connectivity index (χ1n) is 10.5. The molecule has 1 N–H and O–H groups in total. The van der Waals surface area contributed by atoms with Gasteiger partial charge in [-0.2, -0.15) is 0 Å². The van der Waals surface area contributed by atoms with Crippen LogP contribution in [0.4, 0.5) is 0 Å². The first-order valence-corrected chi connectivity index (χ1v) is 10.5. The number of nitrogens with zero attached hydrogens (tertiary/aromatic N) is 1. The van der Waals surface area contributed by atoms with Crippen LogP contribution in [-0.4, -0.2) is 29.7 Å². The number of aliphatic hydroxyl groups excluding tert-OH is 1. The summed E-state index contributed by atoms with van der Waals surface area (Å²) in [7, 11) is 0. The fourth-order valence-corrected chi connectivity index (χ4v) is 4.34. The number of aryl methyl sites for hydroxylation is 2. The molecule has 0 spiro atoms. The Hall–Kier alpha value is -2.68. The Morgan fingerprint density at radius 1 is 0.793 bits per heavy atom. The molecule has 0 unspecified atom stereocenters. The molecule has 0 fully saturated rings. The molecule has 148 valence electrons. The van der Waals surface area contributed by atoms with Gasteiger partial charge in [-0.3, -0.25) is 4.90 Å². The molecule has 29 heavy (non-hydrogen) atoms. The summed E-state index contributed by atoms with van der Waals surface area (Å²) >= 11 is 0. The third-order valence-corrected chi connectivity index (χ3v) is 5.80. The molecule has 1 aliphatic carbocycles. The van der Waals surface area contributed by atoms with Gasteiger partial charge in [0.15, 0.2) is 0 Å². The van der Waals surface area contributed by atoms with Crippen LogP contribution in [0.25, 0.3) is 0 Å². The number of aliphatic hydroxyl groups is 1. The van der Waals surface area contributed by atoms with E-state index in [4.69, 9.17) is 0 Å². The molecule has 0 aliphatic heterocycles. The lowest BCUT2D eigenvalue weighted by atomic mass is 9.88. The first-order chi connectivity index (χ1) is 14.3. The summed E-state index contributed by atoms with van der Waals surface area (Å²) in [4.78, 5) is 2.29. The van der Waals surface area contributed by atoms with Gasteiger partial charge in [0, 0.05) is 25.6 Å². The van der Waals surface area contributed by atoms with Gasteiger partial charge in [0.1, 0.15) is 0 Å². The van der Waals surface area contributed by atoms with Gasteiger partial charge in [0.05, 0.1) is 6.61 Å². The van der Waals surface area contributed by atoms with Crippen LogP contribution >= 0.6 is 0 Å². The highest BCUT2D eigenvalue weighted by molar-refractivity contribution is 5.47. The van der Waals surface area contributed by atoms with Gasteiger partial charge in [0.2, 0.25) is 0 Å². The predicted molar refractivity (Wildman–Crippen MR) is 120 cm³/mol. The Morgan fingerprint density at radius 2 is 1.38 bits per heavy atom. The Balaban J connectivity index is 1.56. The van der Waals surface area contributed by atoms with Crippen molar-refractivity contribution in [2.24, 2.45) is 0 Å². The topological polar surface area (TPSA) is 23.5 Å². The van der Waals surface area contributed by atoms with Crippen LogP contribution in [-0.2, 0) is 19.4 Å². The second-order valence-corrected chi connectivity index (χ2v) is 7.75. The van der Waals surface area contributed by atoms with Crippen LogP contribution in [0.15, 0.2) is 91.0 Å². The maximum Gasteiger partial charge on any atom is 0.0558 e.